The molecule has 0 bridgehead atoms. The lowest BCUT2D eigenvalue weighted by Gasteiger charge is -2.45. The highest BCUT2D eigenvalue weighted by Crippen LogP contribution is 2.44. The third-order valence-corrected chi connectivity index (χ3v) is 8.49. The zero-order chi connectivity index (χ0) is 27.7. The molecule has 1 saturated heterocycles. The Kier molecular flexibility index (Phi) is 7.53. The van der Waals surface area contributed by atoms with Gasteiger partial charge in [-0.3, -0.25) is 4.79 Å². The lowest BCUT2D eigenvalue weighted by atomic mass is 10.1. The number of hydrogen-bond donors (Lipinski definition) is 3. The number of anilines is 6. The maximum Gasteiger partial charge on any atom is 0.247 e. The molecule has 1 atom stereocenters. The number of halogens is 1. The number of carbonyl (C=O) groups excluding carboxylic acids is 1. The molecule has 39 heavy (non-hydrogen) atoms. The first-order valence-corrected chi connectivity index (χ1v) is 15.5. The summed E-state index contributed by atoms with van der Waals surface area (Å²) in [6.45, 7) is 10.2. The number of benzene rings is 2. The van der Waals surface area contributed by atoms with Gasteiger partial charge < -0.3 is 35.1 Å². The molecule has 2 aliphatic heterocycles. The van der Waals surface area contributed by atoms with Crippen molar-refractivity contribution in [2.24, 2.45) is 0 Å². The molecule has 3 N–H and O–H groups in total. The van der Waals surface area contributed by atoms with E-state index in [0.717, 1.165) is 25.3 Å². The molecule has 1 amide bonds. The molecular formula is C27H31ClN7O3P. The summed E-state index contributed by atoms with van der Waals surface area (Å²) in [7, 11) is -0.452. The highest BCUT2D eigenvalue weighted by Gasteiger charge is 2.34. The third kappa shape index (κ3) is 5.88. The van der Waals surface area contributed by atoms with E-state index in [1.807, 2.05) is 36.4 Å². The zero-order valence-corrected chi connectivity index (χ0v) is 23.7. The fourth-order valence-corrected chi connectivity index (χ4v) is 6.11. The average molecular weight is 568 g/mol. The van der Waals surface area contributed by atoms with Crippen LogP contribution in [0.25, 0.3) is 0 Å². The summed E-state index contributed by atoms with van der Waals surface area (Å²) in [5, 5.41) is 10.3. The van der Waals surface area contributed by atoms with Gasteiger partial charge in [0.05, 0.1) is 23.6 Å². The van der Waals surface area contributed by atoms with Gasteiger partial charge in [-0.15, -0.1) is 0 Å². The van der Waals surface area contributed by atoms with Crippen LogP contribution in [0.4, 0.5) is 34.5 Å². The Balaban J connectivity index is 1.47. The molecule has 0 unspecified atom stereocenters. The number of ether oxygens (including phenoxy) is 1. The number of aromatic nitrogens is 2. The Labute approximate surface area is 232 Å². The molecular weight excluding hydrogens is 537 g/mol. The SMILES string of the molecule is C=CC(=O)Nc1cc(Nc2ncc(Cl)c(Nc3ccccc3P(C)(C)=O)n2)cc2c1N1CCN(C)C[C@@H]1CO2. The van der Waals surface area contributed by atoms with Crippen molar-refractivity contribution in [3.63, 3.8) is 0 Å². The summed E-state index contributed by atoms with van der Waals surface area (Å²) in [6, 6.07) is 11.3. The van der Waals surface area contributed by atoms with Crippen molar-refractivity contribution in [1.82, 2.24) is 14.9 Å². The molecule has 12 heteroatoms. The van der Waals surface area contributed by atoms with E-state index in [-0.39, 0.29) is 17.9 Å². The molecule has 0 aliphatic carbocycles. The smallest absolute Gasteiger partial charge is 0.247 e. The topological polar surface area (TPSA) is 112 Å². The fraction of sp³-hybridized carbons (Fsp3) is 0.296. The number of nitrogens with zero attached hydrogens (tertiary/aromatic N) is 4. The number of rotatable bonds is 7. The first-order valence-electron chi connectivity index (χ1n) is 12.5. The second kappa shape index (κ2) is 10.9. The van der Waals surface area contributed by atoms with Gasteiger partial charge in [-0.2, -0.15) is 4.98 Å². The highest BCUT2D eigenvalue weighted by molar-refractivity contribution is 7.70. The average Bonchev–Trinajstić information content (AvgIpc) is 2.90. The predicted octanol–water partition coefficient (Wildman–Crippen LogP) is 4.50. The molecule has 3 aromatic rings. The number of hydrogen-bond acceptors (Lipinski definition) is 9. The Morgan fingerprint density at radius 2 is 2.00 bits per heavy atom. The Hall–Kier alpha value is -3.59. The van der Waals surface area contributed by atoms with Crippen molar-refractivity contribution >= 4 is 64.5 Å². The molecule has 0 saturated carbocycles. The minimum atomic E-state index is -2.55. The van der Waals surface area contributed by atoms with Crippen LogP contribution in [0.5, 0.6) is 5.75 Å². The van der Waals surface area contributed by atoms with Crippen molar-refractivity contribution in [1.29, 1.82) is 0 Å². The van der Waals surface area contributed by atoms with E-state index in [1.165, 1.54) is 12.3 Å². The first-order chi connectivity index (χ1) is 18.6. The van der Waals surface area contributed by atoms with E-state index in [9.17, 15) is 9.36 Å². The molecule has 0 radical (unpaired) electrons. The van der Waals surface area contributed by atoms with E-state index in [1.54, 1.807) is 13.3 Å². The second-order valence-electron chi connectivity index (χ2n) is 9.99. The van der Waals surface area contributed by atoms with Crippen LogP contribution in [0.1, 0.15) is 0 Å². The van der Waals surface area contributed by atoms with E-state index >= 15 is 0 Å². The van der Waals surface area contributed by atoms with E-state index in [0.29, 0.717) is 45.6 Å². The summed E-state index contributed by atoms with van der Waals surface area (Å²) in [5.74, 6) is 0.986. The quantitative estimate of drug-likeness (QED) is 0.280. The summed E-state index contributed by atoms with van der Waals surface area (Å²) >= 11 is 6.41. The largest absolute Gasteiger partial charge is 0.489 e. The summed E-state index contributed by atoms with van der Waals surface area (Å²) in [4.78, 5) is 25.8. The van der Waals surface area contributed by atoms with Crippen molar-refractivity contribution in [2.45, 2.75) is 6.04 Å². The molecule has 0 spiro atoms. The Morgan fingerprint density at radius 1 is 1.21 bits per heavy atom. The molecule has 1 aromatic heterocycles. The van der Waals surface area contributed by atoms with Crippen LogP contribution in [0.15, 0.2) is 55.3 Å². The number of likely N-dealkylation sites (N-methyl/N-ethyl adjacent to an activating group) is 1. The van der Waals surface area contributed by atoms with Gasteiger partial charge >= 0.3 is 0 Å². The number of para-hydroxylation sites is 1. The van der Waals surface area contributed by atoms with Gasteiger partial charge in [0.15, 0.2) is 5.82 Å². The van der Waals surface area contributed by atoms with Gasteiger partial charge in [0.2, 0.25) is 11.9 Å². The van der Waals surface area contributed by atoms with Crippen LogP contribution in [-0.2, 0) is 9.36 Å². The van der Waals surface area contributed by atoms with Crippen LogP contribution < -0.4 is 30.9 Å². The predicted molar refractivity (Wildman–Crippen MR) is 159 cm³/mol. The molecule has 10 nitrogen and oxygen atoms in total. The van der Waals surface area contributed by atoms with Crippen molar-refractivity contribution in [3.05, 3.63) is 60.3 Å². The van der Waals surface area contributed by atoms with Gasteiger partial charge in [0.25, 0.3) is 0 Å². The molecule has 2 aliphatic rings. The van der Waals surface area contributed by atoms with E-state index < -0.39 is 7.14 Å². The summed E-state index contributed by atoms with van der Waals surface area (Å²) in [5.41, 5.74) is 2.74. The number of fused-ring (bicyclic) bond motifs is 3. The maximum atomic E-state index is 12.8. The van der Waals surface area contributed by atoms with Crippen LogP contribution in [0, 0.1) is 0 Å². The minimum absolute atomic E-state index is 0.187. The van der Waals surface area contributed by atoms with Crippen molar-refractivity contribution < 1.29 is 14.1 Å². The van der Waals surface area contributed by atoms with Gasteiger partial charge in [-0.25, -0.2) is 4.98 Å². The molecule has 3 heterocycles. The van der Waals surface area contributed by atoms with Crippen molar-refractivity contribution in [3.8, 4) is 5.75 Å². The minimum Gasteiger partial charge on any atom is -0.489 e. The molecule has 5 rings (SSSR count). The Bertz CT molecular complexity index is 1480. The van der Waals surface area contributed by atoms with Crippen molar-refractivity contribution in [2.75, 3.05) is 67.5 Å². The van der Waals surface area contributed by atoms with E-state index in [4.69, 9.17) is 16.3 Å². The standard InChI is InChI=1S/C27H31ClN7O3P/c1-5-24(36)31-21-12-17(13-22-25(21)35-11-10-34(2)15-18(35)16-38-22)30-27-29-14-19(28)26(33-27)32-20-8-6-7-9-23(20)39(3,4)37/h5-9,12-14,18H,1,10-11,15-16H2,2-4H3,(H,31,36)(H2,29,30,32,33)/t18-/m1/s1. The summed E-state index contributed by atoms with van der Waals surface area (Å²) < 4.78 is 19.0. The maximum absolute atomic E-state index is 12.8. The van der Waals surface area contributed by atoms with Crippen LogP contribution in [0.2, 0.25) is 5.02 Å². The fourth-order valence-electron chi connectivity index (χ4n) is 4.82. The second-order valence-corrected chi connectivity index (χ2v) is 13.6. The normalized spacial score (nSPS) is 16.9. The molecule has 204 valence electrons. The summed E-state index contributed by atoms with van der Waals surface area (Å²) in [6.07, 6.45) is 2.73. The Morgan fingerprint density at radius 3 is 2.77 bits per heavy atom. The van der Waals surface area contributed by atoms with Crippen LogP contribution in [-0.4, -0.2) is 73.4 Å². The van der Waals surface area contributed by atoms with Gasteiger partial charge in [0.1, 0.15) is 30.2 Å². The third-order valence-electron chi connectivity index (χ3n) is 6.66. The van der Waals surface area contributed by atoms with Gasteiger partial charge in [0, 0.05) is 36.7 Å². The van der Waals surface area contributed by atoms with Gasteiger partial charge in [-0.05, 0) is 44.7 Å². The monoisotopic (exact) mass is 567 g/mol. The number of nitrogens with one attached hydrogen (secondary N) is 3. The lowest BCUT2D eigenvalue weighted by Crippen LogP contribution is -2.56. The van der Waals surface area contributed by atoms with Crippen LogP contribution in [0.3, 0.4) is 0 Å². The lowest BCUT2D eigenvalue weighted by molar-refractivity contribution is -0.111. The van der Waals surface area contributed by atoms with E-state index in [2.05, 4.69) is 49.3 Å². The number of piperazine rings is 1. The number of amides is 1. The number of carbonyl (C=O) groups is 1. The highest BCUT2D eigenvalue weighted by atomic mass is 35.5. The first kappa shape index (κ1) is 27.0. The molecule has 2 aromatic carbocycles. The zero-order valence-electron chi connectivity index (χ0n) is 22.1. The molecule has 1 fully saturated rings. The van der Waals surface area contributed by atoms with Crippen LogP contribution >= 0.6 is 18.7 Å². The van der Waals surface area contributed by atoms with Gasteiger partial charge in [-0.1, -0.05) is 30.3 Å².